The Morgan fingerprint density at radius 2 is 1.94 bits per heavy atom. The van der Waals surface area contributed by atoms with Crippen molar-refractivity contribution in [1.29, 1.82) is 0 Å². The van der Waals surface area contributed by atoms with Crippen molar-refractivity contribution in [3.63, 3.8) is 0 Å². The first-order valence-corrected chi connectivity index (χ1v) is 7.02. The Morgan fingerprint density at radius 3 is 2.59 bits per heavy atom. The maximum Gasteiger partial charge on any atom is 0.150 e. The van der Waals surface area contributed by atoms with Gasteiger partial charge in [-0.3, -0.25) is 9.69 Å². The highest BCUT2D eigenvalue weighted by Gasteiger charge is 2.09. The Morgan fingerprint density at radius 1 is 1.24 bits per heavy atom. The molecule has 0 atom stereocenters. The smallest absolute Gasteiger partial charge is 0.150 e. The van der Waals surface area contributed by atoms with Crippen LogP contribution in [0, 0.1) is 0 Å². The van der Waals surface area contributed by atoms with E-state index in [1.807, 2.05) is 23.9 Å². The van der Waals surface area contributed by atoms with Crippen molar-refractivity contribution in [2.45, 2.75) is 0 Å². The summed E-state index contributed by atoms with van der Waals surface area (Å²) in [5.41, 5.74) is 0.686. The lowest BCUT2D eigenvalue weighted by atomic mass is 10.2. The standard InChI is InChI=1S/C13H17NO2S/c15-11-12-1-3-13(4-2-12)16-8-5-14-6-9-17-10-7-14/h1-4,11H,5-10H2. The highest BCUT2D eigenvalue weighted by Crippen LogP contribution is 2.12. The van der Waals surface area contributed by atoms with Crippen molar-refractivity contribution in [2.75, 3.05) is 37.7 Å². The van der Waals surface area contributed by atoms with E-state index in [1.165, 1.54) is 11.5 Å². The van der Waals surface area contributed by atoms with Gasteiger partial charge >= 0.3 is 0 Å². The molecule has 92 valence electrons. The van der Waals surface area contributed by atoms with Crippen molar-refractivity contribution in [1.82, 2.24) is 4.90 Å². The molecular formula is C13H17NO2S. The van der Waals surface area contributed by atoms with Gasteiger partial charge in [0.25, 0.3) is 0 Å². The third-order valence-electron chi connectivity index (χ3n) is 2.80. The summed E-state index contributed by atoms with van der Waals surface area (Å²) in [6, 6.07) is 7.24. The number of aldehydes is 1. The number of hydrogen-bond acceptors (Lipinski definition) is 4. The van der Waals surface area contributed by atoms with Crippen molar-refractivity contribution in [3.05, 3.63) is 29.8 Å². The van der Waals surface area contributed by atoms with Gasteiger partial charge in [-0.25, -0.2) is 0 Å². The molecule has 0 spiro atoms. The lowest BCUT2D eigenvalue weighted by Crippen LogP contribution is -2.35. The van der Waals surface area contributed by atoms with E-state index in [1.54, 1.807) is 12.1 Å². The van der Waals surface area contributed by atoms with Crippen molar-refractivity contribution in [2.24, 2.45) is 0 Å². The SMILES string of the molecule is O=Cc1ccc(OCCN2CCSCC2)cc1. The van der Waals surface area contributed by atoms with Crippen LogP contribution in [0.25, 0.3) is 0 Å². The average molecular weight is 251 g/mol. The molecule has 1 saturated heterocycles. The third-order valence-corrected chi connectivity index (χ3v) is 3.74. The first-order chi connectivity index (χ1) is 8.38. The Kier molecular flexibility index (Phi) is 4.88. The van der Waals surface area contributed by atoms with Gasteiger partial charge in [-0.2, -0.15) is 11.8 Å². The molecule has 0 saturated carbocycles. The third kappa shape index (κ3) is 4.06. The molecule has 2 rings (SSSR count). The fraction of sp³-hybridized carbons (Fsp3) is 0.462. The molecule has 0 amide bonds. The molecular weight excluding hydrogens is 234 g/mol. The lowest BCUT2D eigenvalue weighted by molar-refractivity contribution is 0.112. The van der Waals surface area contributed by atoms with E-state index >= 15 is 0 Å². The summed E-state index contributed by atoms with van der Waals surface area (Å²) in [6.07, 6.45) is 0.842. The molecule has 1 aliphatic rings. The zero-order valence-electron chi connectivity index (χ0n) is 9.80. The van der Waals surface area contributed by atoms with Gasteiger partial charge in [0.1, 0.15) is 18.6 Å². The van der Waals surface area contributed by atoms with E-state index in [-0.39, 0.29) is 0 Å². The molecule has 0 radical (unpaired) electrons. The number of carbonyl (C=O) groups is 1. The number of thioether (sulfide) groups is 1. The van der Waals surface area contributed by atoms with E-state index in [0.717, 1.165) is 31.7 Å². The number of rotatable bonds is 5. The highest BCUT2D eigenvalue weighted by molar-refractivity contribution is 7.99. The molecule has 0 aromatic heterocycles. The van der Waals surface area contributed by atoms with Crippen LogP contribution in [0.15, 0.2) is 24.3 Å². The van der Waals surface area contributed by atoms with Crippen LogP contribution in [-0.4, -0.2) is 48.9 Å². The Labute approximate surface area is 106 Å². The molecule has 4 heteroatoms. The summed E-state index contributed by atoms with van der Waals surface area (Å²) >= 11 is 2.02. The van der Waals surface area contributed by atoms with Gasteiger partial charge in [0.05, 0.1) is 0 Å². The summed E-state index contributed by atoms with van der Waals surface area (Å²) in [5, 5.41) is 0. The molecule has 17 heavy (non-hydrogen) atoms. The second-order valence-corrected chi connectivity index (χ2v) is 5.21. The lowest BCUT2D eigenvalue weighted by Gasteiger charge is -2.25. The largest absolute Gasteiger partial charge is 0.492 e. The minimum absolute atomic E-state index is 0.686. The summed E-state index contributed by atoms with van der Waals surface area (Å²) in [4.78, 5) is 12.9. The minimum Gasteiger partial charge on any atom is -0.492 e. The number of benzene rings is 1. The van der Waals surface area contributed by atoms with Crippen molar-refractivity contribution < 1.29 is 9.53 Å². The predicted octanol–water partition coefficient (Wildman–Crippen LogP) is 1.93. The fourth-order valence-electron chi connectivity index (χ4n) is 1.76. The maximum absolute atomic E-state index is 10.5. The van der Waals surface area contributed by atoms with E-state index in [9.17, 15) is 4.79 Å². The van der Waals surface area contributed by atoms with Crippen LogP contribution < -0.4 is 4.74 Å². The first-order valence-electron chi connectivity index (χ1n) is 5.86. The molecule has 1 fully saturated rings. The number of carbonyl (C=O) groups excluding carboxylic acids is 1. The molecule has 1 aliphatic heterocycles. The second kappa shape index (κ2) is 6.67. The molecule has 0 unspecified atom stereocenters. The summed E-state index contributed by atoms with van der Waals surface area (Å²) in [6.45, 7) is 4.03. The molecule has 0 N–H and O–H groups in total. The van der Waals surface area contributed by atoms with E-state index in [2.05, 4.69) is 4.90 Å². The number of ether oxygens (including phenoxy) is 1. The number of nitrogens with zero attached hydrogens (tertiary/aromatic N) is 1. The summed E-state index contributed by atoms with van der Waals surface area (Å²) in [7, 11) is 0. The van der Waals surface area contributed by atoms with Gasteiger partial charge in [-0.1, -0.05) is 0 Å². The van der Waals surface area contributed by atoms with Crippen LogP contribution in [0.1, 0.15) is 10.4 Å². The van der Waals surface area contributed by atoms with Gasteiger partial charge in [-0.05, 0) is 24.3 Å². The van der Waals surface area contributed by atoms with Gasteiger partial charge in [0.2, 0.25) is 0 Å². The normalized spacial score (nSPS) is 16.7. The van der Waals surface area contributed by atoms with Crippen LogP contribution in [0.5, 0.6) is 5.75 Å². The van der Waals surface area contributed by atoms with Gasteiger partial charge in [0, 0.05) is 36.7 Å². The zero-order valence-corrected chi connectivity index (χ0v) is 10.6. The maximum atomic E-state index is 10.5. The molecule has 1 aromatic rings. The van der Waals surface area contributed by atoms with Gasteiger partial charge in [-0.15, -0.1) is 0 Å². The molecule has 1 aromatic carbocycles. The van der Waals surface area contributed by atoms with Crippen LogP contribution in [0.2, 0.25) is 0 Å². The van der Waals surface area contributed by atoms with Gasteiger partial charge < -0.3 is 4.74 Å². The molecule has 1 heterocycles. The summed E-state index contributed by atoms with van der Waals surface area (Å²) in [5.74, 6) is 3.30. The van der Waals surface area contributed by atoms with Crippen LogP contribution >= 0.6 is 11.8 Å². The molecule has 3 nitrogen and oxygen atoms in total. The number of hydrogen-bond donors (Lipinski definition) is 0. The zero-order chi connectivity index (χ0) is 11.9. The Bertz CT molecular complexity index is 347. The highest BCUT2D eigenvalue weighted by atomic mass is 32.2. The van der Waals surface area contributed by atoms with Crippen molar-refractivity contribution in [3.8, 4) is 5.75 Å². The first kappa shape index (κ1) is 12.5. The van der Waals surface area contributed by atoms with Gasteiger partial charge in [0.15, 0.2) is 0 Å². The quantitative estimate of drug-likeness (QED) is 0.748. The van der Waals surface area contributed by atoms with Crippen LogP contribution in [0.3, 0.4) is 0 Å². The summed E-state index contributed by atoms with van der Waals surface area (Å²) < 4.78 is 5.64. The topological polar surface area (TPSA) is 29.5 Å². The second-order valence-electron chi connectivity index (χ2n) is 3.99. The minimum atomic E-state index is 0.686. The Balaban J connectivity index is 1.71. The predicted molar refractivity (Wildman–Crippen MR) is 71.1 cm³/mol. The Hall–Kier alpha value is -1.00. The van der Waals surface area contributed by atoms with E-state index < -0.39 is 0 Å². The monoisotopic (exact) mass is 251 g/mol. The van der Waals surface area contributed by atoms with Crippen LogP contribution in [0.4, 0.5) is 0 Å². The average Bonchev–Trinajstić information content (AvgIpc) is 2.41. The van der Waals surface area contributed by atoms with E-state index in [0.29, 0.717) is 12.2 Å². The van der Waals surface area contributed by atoms with E-state index in [4.69, 9.17) is 4.74 Å². The fourth-order valence-corrected chi connectivity index (χ4v) is 2.74. The molecule has 0 aliphatic carbocycles. The van der Waals surface area contributed by atoms with Crippen molar-refractivity contribution >= 4 is 18.0 Å². The molecule has 0 bridgehead atoms. The van der Waals surface area contributed by atoms with Crippen LogP contribution in [-0.2, 0) is 0 Å².